The second-order valence-corrected chi connectivity index (χ2v) is 7.11. The molecule has 1 atom stereocenters. The Hall–Kier alpha value is -0.920. The lowest BCUT2D eigenvalue weighted by Crippen LogP contribution is -2.18. The van der Waals surface area contributed by atoms with Gasteiger partial charge >= 0.3 is 0 Å². The van der Waals surface area contributed by atoms with Crippen LogP contribution in [0.15, 0.2) is 40.1 Å². The van der Waals surface area contributed by atoms with Crippen molar-refractivity contribution < 1.29 is 4.42 Å². The Kier molecular flexibility index (Phi) is 3.86. The topological polar surface area (TPSA) is 38.1 Å². The van der Waals surface area contributed by atoms with Gasteiger partial charge in [-0.1, -0.05) is 12.1 Å². The molecule has 0 fully saturated rings. The average molecular weight is 384 g/mol. The molecule has 2 aromatic heterocycles. The third-order valence-electron chi connectivity index (χ3n) is 3.06. The van der Waals surface area contributed by atoms with E-state index in [1.165, 1.54) is 8.45 Å². The fourth-order valence-corrected chi connectivity index (χ4v) is 3.50. The van der Waals surface area contributed by atoms with Crippen LogP contribution < -0.4 is 5.32 Å². The van der Waals surface area contributed by atoms with Gasteiger partial charge in [-0.15, -0.1) is 11.3 Å². The van der Waals surface area contributed by atoms with Crippen LogP contribution in [0, 0.1) is 2.88 Å². The number of halogens is 1. The predicted molar refractivity (Wildman–Crippen MR) is 86.5 cm³/mol. The number of hydrogen-bond acceptors (Lipinski definition) is 4. The van der Waals surface area contributed by atoms with E-state index in [0.29, 0.717) is 0 Å². The molecule has 2 heterocycles. The van der Waals surface area contributed by atoms with Crippen molar-refractivity contribution in [3.63, 3.8) is 0 Å². The number of benzene rings is 1. The van der Waals surface area contributed by atoms with Gasteiger partial charge in [0.15, 0.2) is 11.5 Å². The van der Waals surface area contributed by atoms with Crippen LogP contribution in [0.2, 0.25) is 0 Å². The Bertz CT molecular complexity index is 658. The minimum atomic E-state index is 0.243. The van der Waals surface area contributed by atoms with Crippen molar-refractivity contribution in [2.45, 2.75) is 12.5 Å². The predicted octanol–water partition coefficient (Wildman–Crippen LogP) is 4.00. The van der Waals surface area contributed by atoms with E-state index in [2.05, 4.69) is 44.3 Å². The molecule has 0 radical (unpaired) electrons. The zero-order valence-corrected chi connectivity index (χ0v) is 13.4. The molecule has 0 bridgehead atoms. The lowest BCUT2D eigenvalue weighted by molar-refractivity contribution is 0.474. The first-order valence-corrected chi connectivity index (χ1v) is 7.98. The number of para-hydroxylation sites is 2. The SMILES string of the molecule is CNC(Cc1nc2ccccc2o1)c1csc(I)c1. The first kappa shape index (κ1) is 13.1. The van der Waals surface area contributed by atoms with Crippen molar-refractivity contribution in [1.29, 1.82) is 0 Å². The number of aromatic nitrogens is 1. The zero-order valence-electron chi connectivity index (χ0n) is 10.4. The number of nitrogens with one attached hydrogen (secondary N) is 1. The van der Waals surface area contributed by atoms with Crippen molar-refractivity contribution in [1.82, 2.24) is 10.3 Å². The number of hydrogen-bond donors (Lipinski definition) is 1. The van der Waals surface area contributed by atoms with Crippen LogP contribution in [-0.2, 0) is 6.42 Å². The lowest BCUT2D eigenvalue weighted by atomic mass is 10.1. The summed E-state index contributed by atoms with van der Waals surface area (Å²) in [4.78, 5) is 4.53. The average Bonchev–Trinajstić information content (AvgIpc) is 3.01. The van der Waals surface area contributed by atoms with Crippen LogP contribution in [0.4, 0.5) is 0 Å². The van der Waals surface area contributed by atoms with Crippen LogP contribution in [0.5, 0.6) is 0 Å². The Morgan fingerprint density at radius 3 is 2.95 bits per heavy atom. The number of oxazole rings is 1. The van der Waals surface area contributed by atoms with Crippen LogP contribution in [-0.4, -0.2) is 12.0 Å². The van der Waals surface area contributed by atoms with E-state index in [4.69, 9.17) is 4.42 Å². The normalized spacial score (nSPS) is 12.9. The van der Waals surface area contributed by atoms with Gasteiger partial charge in [-0.25, -0.2) is 4.98 Å². The lowest BCUT2D eigenvalue weighted by Gasteiger charge is -2.12. The highest BCUT2D eigenvalue weighted by atomic mass is 127. The first-order chi connectivity index (χ1) is 9.26. The van der Waals surface area contributed by atoms with Gasteiger partial charge in [-0.05, 0) is 58.8 Å². The molecule has 0 aliphatic rings. The molecule has 98 valence electrons. The molecule has 3 aromatic rings. The second-order valence-electron chi connectivity index (χ2n) is 4.30. The van der Waals surface area contributed by atoms with Gasteiger partial charge < -0.3 is 9.73 Å². The Labute approximate surface area is 129 Å². The second kappa shape index (κ2) is 5.60. The third kappa shape index (κ3) is 2.82. The Morgan fingerprint density at radius 2 is 2.26 bits per heavy atom. The molecule has 5 heteroatoms. The molecule has 19 heavy (non-hydrogen) atoms. The molecular weight excluding hydrogens is 371 g/mol. The van der Waals surface area contributed by atoms with Gasteiger partial charge in [0.25, 0.3) is 0 Å². The maximum atomic E-state index is 5.78. The molecule has 3 rings (SSSR count). The molecule has 1 N–H and O–H groups in total. The maximum absolute atomic E-state index is 5.78. The fourth-order valence-electron chi connectivity index (χ4n) is 2.07. The molecule has 0 saturated heterocycles. The number of thiophene rings is 1. The highest BCUT2D eigenvalue weighted by molar-refractivity contribution is 14.1. The van der Waals surface area contributed by atoms with Gasteiger partial charge in [0, 0.05) is 12.5 Å². The zero-order chi connectivity index (χ0) is 13.2. The van der Waals surface area contributed by atoms with Crippen molar-refractivity contribution in [2.75, 3.05) is 7.05 Å². The molecular formula is C14H13IN2OS. The molecule has 0 amide bonds. The molecule has 0 aliphatic carbocycles. The summed E-state index contributed by atoms with van der Waals surface area (Å²) >= 11 is 4.10. The Balaban J connectivity index is 1.86. The van der Waals surface area contributed by atoms with Crippen molar-refractivity contribution >= 4 is 45.0 Å². The standard InChI is InChI=1S/C14H13IN2OS/c1-16-11(9-6-13(15)19-8-9)7-14-17-10-4-2-3-5-12(10)18-14/h2-6,8,11,16H,7H2,1H3. The van der Waals surface area contributed by atoms with Gasteiger partial charge in [0.05, 0.1) is 2.88 Å². The van der Waals surface area contributed by atoms with E-state index < -0.39 is 0 Å². The summed E-state index contributed by atoms with van der Waals surface area (Å²) in [6.07, 6.45) is 0.762. The summed E-state index contributed by atoms with van der Waals surface area (Å²) in [5.41, 5.74) is 3.07. The summed E-state index contributed by atoms with van der Waals surface area (Å²) in [6.45, 7) is 0. The van der Waals surface area contributed by atoms with Crippen molar-refractivity contribution in [2.24, 2.45) is 0 Å². The van der Waals surface area contributed by atoms with Crippen LogP contribution >= 0.6 is 33.9 Å². The van der Waals surface area contributed by atoms with Crippen LogP contribution in [0.25, 0.3) is 11.1 Å². The van der Waals surface area contributed by atoms with Crippen LogP contribution in [0.3, 0.4) is 0 Å². The molecule has 0 spiro atoms. The van der Waals surface area contributed by atoms with Crippen LogP contribution in [0.1, 0.15) is 17.5 Å². The maximum Gasteiger partial charge on any atom is 0.197 e. The highest BCUT2D eigenvalue weighted by Crippen LogP contribution is 2.25. The van der Waals surface area contributed by atoms with Gasteiger partial charge in [-0.3, -0.25) is 0 Å². The van der Waals surface area contributed by atoms with E-state index in [1.807, 2.05) is 31.3 Å². The Morgan fingerprint density at radius 1 is 1.42 bits per heavy atom. The highest BCUT2D eigenvalue weighted by Gasteiger charge is 2.15. The largest absolute Gasteiger partial charge is 0.441 e. The van der Waals surface area contributed by atoms with E-state index in [1.54, 1.807) is 11.3 Å². The smallest absolute Gasteiger partial charge is 0.197 e. The third-order valence-corrected chi connectivity index (χ3v) is 4.86. The summed E-state index contributed by atoms with van der Waals surface area (Å²) in [7, 11) is 1.97. The number of rotatable bonds is 4. The summed E-state index contributed by atoms with van der Waals surface area (Å²) in [5, 5.41) is 5.51. The molecule has 0 aliphatic heterocycles. The van der Waals surface area contributed by atoms with E-state index in [-0.39, 0.29) is 6.04 Å². The summed E-state index contributed by atoms with van der Waals surface area (Å²) in [6, 6.07) is 10.3. The van der Waals surface area contributed by atoms with Crippen molar-refractivity contribution in [3.05, 3.63) is 50.0 Å². The van der Waals surface area contributed by atoms with E-state index >= 15 is 0 Å². The number of fused-ring (bicyclic) bond motifs is 1. The molecule has 1 unspecified atom stereocenters. The molecule has 0 saturated carbocycles. The summed E-state index contributed by atoms with van der Waals surface area (Å²) in [5.74, 6) is 0.779. The summed E-state index contributed by atoms with van der Waals surface area (Å²) < 4.78 is 7.08. The molecule has 3 nitrogen and oxygen atoms in total. The van der Waals surface area contributed by atoms with Gasteiger partial charge in [0.2, 0.25) is 0 Å². The number of likely N-dealkylation sites (N-methyl/N-ethyl adjacent to an activating group) is 1. The molecule has 1 aromatic carbocycles. The van der Waals surface area contributed by atoms with E-state index in [0.717, 1.165) is 23.4 Å². The van der Waals surface area contributed by atoms with Gasteiger partial charge in [0.1, 0.15) is 5.52 Å². The van der Waals surface area contributed by atoms with E-state index in [9.17, 15) is 0 Å². The quantitative estimate of drug-likeness (QED) is 0.692. The number of nitrogens with zero attached hydrogens (tertiary/aromatic N) is 1. The van der Waals surface area contributed by atoms with Gasteiger partial charge in [-0.2, -0.15) is 0 Å². The fraction of sp³-hybridized carbons (Fsp3) is 0.214. The van der Waals surface area contributed by atoms with Crippen molar-refractivity contribution in [3.8, 4) is 0 Å². The minimum Gasteiger partial charge on any atom is -0.441 e. The first-order valence-electron chi connectivity index (χ1n) is 6.02. The minimum absolute atomic E-state index is 0.243. The monoisotopic (exact) mass is 384 g/mol.